The highest BCUT2D eigenvalue weighted by molar-refractivity contribution is 7.89. The first kappa shape index (κ1) is 11.1. The van der Waals surface area contributed by atoms with Crippen LogP contribution < -0.4 is 10.9 Å². The number of nitrogens with two attached hydrogens (primary N) is 2. The number of anilines is 1. The highest BCUT2D eigenvalue weighted by atomic mass is 32.2. The van der Waals surface area contributed by atoms with Crippen LogP contribution in [0.2, 0.25) is 0 Å². The first-order chi connectivity index (χ1) is 6.32. The molecule has 8 heteroatoms. The molecule has 0 aliphatic heterocycles. The van der Waals surface area contributed by atoms with Crippen molar-refractivity contribution in [3.05, 3.63) is 18.2 Å². The van der Waals surface area contributed by atoms with Crippen molar-refractivity contribution in [3.8, 4) is 0 Å². The Balaban J connectivity index is 3.34. The Hall–Kier alpha value is -0.960. The van der Waals surface area contributed by atoms with Crippen molar-refractivity contribution >= 4 is 26.8 Å². The molecule has 0 spiro atoms. The van der Waals surface area contributed by atoms with Gasteiger partial charge in [-0.3, -0.25) is 0 Å². The Morgan fingerprint density at radius 1 is 1.36 bits per heavy atom. The lowest BCUT2D eigenvalue weighted by atomic mass is 10.3. The molecular formula is C6H8N2O4S2. The summed E-state index contributed by atoms with van der Waals surface area (Å²) in [5, 5.41) is 4.83. The van der Waals surface area contributed by atoms with E-state index >= 15 is 0 Å². The van der Waals surface area contributed by atoms with E-state index in [1.165, 1.54) is 0 Å². The summed E-state index contributed by atoms with van der Waals surface area (Å²) >= 11 is -2.24. The number of sulfonamides is 1. The molecule has 14 heavy (non-hydrogen) atoms. The zero-order valence-electron chi connectivity index (χ0n) is 6.88. The SMILES string of the molecule is Nc1cc(S(N)(=O)=O)ccc1S(=O)O. The maximum Gasteiger partial charge on any atom is 0.238 e. The van der Waals surface area contributed by atoms with E-state index in [4.69, 9.17) is 15.4 Å². The lowest BCUT2D eigenvalue weighted by Crippen LogP contribution is -2.12. The van der Waals surface area contributed by atoms with Crippen LogP contribution in [0, 0.1) is 0 Å². The van der Waals surface area contributed by atoms with E-state index in [0.717, 1.165) is 18.2 Å². The smallest absolute Gasteiger partial charge is 0.238 e. The van der Waals surface area contributed by atoms with Gasteiger partial charge in [0.1, 0.15) is 0 Å². The van der Waals surface area contributed by atoms with Crippen LogP contribution in [0.15, 0.2) is 28.0 Å². The van der Waals surface area contributed by atoms with Gasteiger partial charge in [-0.25, -0.2) is 17.8 Å². The molecule has 1 unspecified atom stereocenters. The van der Waals surface area contributed by atoms with Crippen molar-refractivity contribution in [2.45, 2.75) is 9.79 Å². The molecule has 0 aliphatic rings. The van der Waals surface area contributed by atoms with Crippen molar-refractivity contribution in [2.75, 3.05) is 5.73 Å². The molecule has 1 rings (SSSR count). The fourth-order valence-electron chi connectivity index (χ4n) is 0.863. The number of primary sulfonamides is 1. The molecular weight excluding hydrogens is 228 g/mol. The summed E-state index contributed by atoms with van der Waals surface area (Å²) in [5.41, 5.74) is 5.26. The fraction of sp³-hybridized carbons (Fsp3) is 0. The fourth-order valence-corrected chi connectivity index (χ4v) is 1.86. The third-order valence-electron chi connectivity index (χ3n) is 1.50. The first-order valence-electron chi connectivity index (χ1n) is 3.35. The molecule has 0 saturated heterocycles. The number of benzene rings is 1. The molecule has 0 bridgehead atoms. The average Bonchev–Trinajstić information content (AvgIpc) is 2.01. The van der Waals surface area contributed by atoms with Crippen LogP contribution >= 0.6 is 0 Å². The minimum absolute atomic E-state index is 0.0441. The van der Waals surface area contributed by atoms with Gasteiger partial charge >= 0.3 is 0 Å². The van der Waals surface area contributed by atoms with Gasteiger partial charge in [0.2, 0.25) is 10.0 Å². The van der Waals surface area contributed by atoms with Gasteiger partial charge in [-0.2, -0.15) is 0 Å². The number of rotatable bonds is 2. The largest absolute Gasteiger partial charge is 0.398 e. The lowest BCUT2D eigenvalue weighted by Gasteiger charge is -2.03. The topological polar surface area (TPSA) is 123 Å². The van der Waals surface area contributed by atoms with Crippen LogP contribution in [0.4, 0.5) is 5.69 Å². The predicted octanol–water partition coefficient (Wildman–Crippen LogP) is -0.503. The second kappa shape index (κ2) is 3.65. The van der Waals surface area contributed by atoms with Crippen molar-refractivity contribution in [2.24, 2.45) is 5.14 Å². The molecule has 5 N–H and O–H groups in total. The number of hydrogen-bond donors (Lipinski definition) is 3. The summed E-state index contributed by atoms with van der Waals surface area (Å²) in [6.07, 6.45) is 0. The van der Waals surface area contributed by atoms with Crippen LogP contribution in [0.3, 0.4) is 0 Å². The molecule has 78 valence electrons. The first-order valence-corrected chi connectivity index (χ1v) is 6.01. The third kappa shape index (κ3) is 2.29. The summed E-state index contributed by atoms with van der Waals surface area (Å²) in [7, 11) is -3.83. The van der Waals surface area contributed by atoms with Gasteiger partial charge in [-0.15, -0.1) is 0 Å². The molecule has 0 aliphatic carbocycles. The molecule has 0 saturated carbocycles. The van der Waals surface area contributed by atoms with E-state index in [1.807, 2.05) is 0 Å². The number of hydrogen-bond acceptors (Lipinski definition) is 4. The van der Waals surface area contributed by atoms with Crippen molar-refractivity contribution in [1.82, 2.24) is 0 Å². The van der Waals surface area contributed by atoms with E-state index < -0.39 is 21.1 Å². The van der Waals surface area contributed by atoms with Gasteiger partial charge in [0, 0.05) is 0 Å². The maximum absolute atomic E-state index is 10.9. The van der Waals surface area contributed by atoms with Crippen LogP contribution in [0.25, 0.3) is 0 Å². The zero-order chi connectivity index (χ0) is 10.9. The van der Waals surface area contributed by atoms with E-state index in [2.05, 4.69) is 0 Å². The van der Waals surface area contributed by atoms with Gasteiger partial charge in [0.25, 0.3) is 0 Å². The highest BCUT2D eigenvalue weighted by Gasteiger charge is 2.12. The van der Waals surface area contributed by atoms with E-state index in [1.54, 1.807) is 0 Å². The third-order valence-corrected chi connectivity index (χ3v) is 3.16. The molecule has 6 nitrogen and oxygen atoms in total. The molecule has 0 radical (unpaired) electrons. The second-order valence-electron chi connectivity index (χ2n) is 2.49. The summed E-state index contributed by atoms with van der Waals surface area (Å²) < 4.78 is 41.0. The summed E-state index contributed by atoms with van der Waals surface area (Å²) in [4.78, 5) is -0.235. The molecule has 0 aromatic heterocycles. The van der Waals surface area contributed by atoms with Crippen molar-refractivity contribution in [3.63, 3.8) is 0 Å². The van der Waals surface area contributed by atoms with Crippen LogP contribution in [0.5, 0.6) is 0 Å². The van der Waals surface area contributed by atoms with Gasteiger partial charge in [-0.1, -0.05) is 0 Å². The molecule has 1 atom stereocenters. The lowest BCUT2D eigenvalue weighted by molar-refractivity contribution is 0.564. The summed E-state index contributed by atoms with van der Waals surface area (Å²) in [5.74, 6) is 0. The Bertz CT molecular complexity index is 483. The Morgan fingerprint density at radius 2 is 1.93 bits per heavy atom. The van der Waals surface area contributed by atoms with Crippen molar-refractivity contribution < 1.29 is 17.2 Å². The van der Waals surface area contributed by atoms with E-state index in [9.17, 15) is 12.6 Å². The summed E-state index contributed by atoms with van der Waals surface area (Å²) in [6.45, 7) is 0. The Labute approximate surface area is 83.2 Å². The normalized spacial score (nSPS) is 13.9. The quantitative estimate of drug-likeness (QED) is 0.471. The minimum atomic E-state index is -3.83. The van der Waals surface area contributed by atoms with Gasteiger partial charge in [0.15, 0.2) is 11.1 Å². The average molecular weight is 236 g/mol. The predicted molar refractivity (Wildman–Crippen MR) is 51.3 cm³/mol. The summed E-state index contributed by atoms with van der Waals surface area (Å²) in [6, 6.07) is 3.30. The molecule has 0 amide bonds. The highest BCUT2D eigenvalue weighted by Crippen LogP contribution is 2.19. The van der Waals surface area contributed by atoms with E-state index in [0.29, 0.717) is 0 Å². The number of nitrogen functional groups attached to an aromatic ring is 1. The minimum Gasteiger partial charge on any atom is -0.398 e. The van der Waals surface area contributed by atoms with Crippen LogP contribution in [-0.2, 0) is 21.1 Å². The molecule has 0 fully saturated rings. The van der Waals surface area contributed by atoms with Crippen LogP contribution in [-0.4, -0.2) is 17.2 Å². The van der Waals surface area contributed by atoms with E-state index in [-0.39, 0.29) is 15.5 Å². The van der Waals surface area contributed by atoms with Crippen LogP contribution in [0.1, 0.15) is 0 Å². The standard InChI is InChI=1S/C6H8N2O4S2/c7-5-3-4(14(8,11)12)1-2-6(5)13(9)10/h1-3H,7H2,(H,9,10)(H2,8,11,12). The molecule has 1 aromatic carbocycles. The monoisotopic (exact) mass is 236 g/mol. The maximum atomic E-state index is 10.9. The Morgan fingerprint density at radius 3 is 2.29 bits per heavy atom. The Kier molecular flexibility index (Phi) is 2.90. The van der Waals surface area contributed by atoms with Gasteiger partial charge in [-0.05, 0) is 18.2 Å². The molecule has 0 heterocycles. The zero-order valence-corrected chi connectivity index (χ0v) is 8.51. The van der Waals surface area contributed by atoms with Gasteiger partial charge < -0.3 is 10.3 Å². The molecule has 1 aromatic rings. The van der Waals surface area contributed by atoms with Gasteiger partial charge in [0.05, 0.1) is 15.5 Å². The second-order valence-corrected chi connectivity index (χ2v) is 4.99. The van der Waals surface area contributed by atoms with Crippen molar-refractivity contribution in [1.29, 1.82) is 0 Å².